The molecule has 0 radical (unpaired) electrons. The lowest BCUT2D eigenvalue weighted by molar-refractivity contribution is 0.288. The summed E-state index contributed by atoms with van der Waals surface area (Å²) < 4.78 is 59.5. The highest BCUT2D eigenvalue weighted by molar-refractivity contribution is 6.39. The molecule has 0 amide bonds. The van der Waals surface area contributed by atoms with Gasteiger partial charge in [0.05, 0.1) is 44.2 Å². The number of rotatable bonds is 4. The summed E-state index contributed by atoms with van der Waals surface area (Å²) >= 11 is 18.0. The monoisotopic (exact) mass is 607 g/mol. The average molecular weight is 609 g/mol. The third-order valence-corrected chi connectivity index (χ3v) is 7.77. The van der Waals surface area contributed by atoms with Gasteiger partial charge in [-0.05, 0) is 44.2 Å². The second kappa shape index (κ2) is 11.4. The van der Waals surface area contributed by atoms with E-state index in [1.54, 1.807) is 26.1 Å². The molecule has 3 heterocycles. The van der Waals surface area contributed by atoms with Gasteiger partial charge >= 0.3 is 0 Å². The van der Waals surface area contributed by atoms with E-state index in [9.17, 15) is 17.6 Å². The lowest BCUT2D eigenvalue weighted by atomic mass is 10.0. The van der Waals surface area contributed by atoms with Crippen LogP contribution >= 0.6 is 34.8 Å². The fourth-order valence-corrected chi connectivity index (χ4v) is 4.86. The van der Waals surface area contributed by atoms with E-state index in [0.29, 0.717) is 40.8 Å². The second-order valence-electron chi connectivity index (χ2n) is 9.44. The van der Waals surface area contributed by atoms with Crippen molar-refractivity contribution in [3.05, 3.63) is 92.2 Å². The Balaban J connectivity index is 0.000000184. The van der Waals surface area contributed by atoms with Crippen LogP contribution in [0.15, 0.2) is 42.6 Å². The molecule has 0 aliphatic heterocycles. The van der Waals surface area contributed by atoms with Crippen LogP contribution in [0.5, 0.6) is 5.88 Å². The first-order chi connectivity index (χ1) is 19.0. The molecule has 3 aromatic heterocycles. The maximum atomic E-state index is 14.0. The van der Waals surface area contributed by atoms with E-state index in [-0.39, 0.29) is 37.0 Å². The molecule has 0 saturated heterocycles. The van der Waals surface area contributed by atoms with Gasteiger partial charge in [0.2, 0.25) is 5.88 Å². The van der Waals surface area contributed by atoms with Crippen LogP contribution in [-0.2, 0) is 0 Å². The number of hydrogen-bond donors (Lipinski definition) is 0. The highest BCUT2D eigenvalue weighted by Crippen LogP contribution is 2.35. The Morgan fingerprint density at radius 3 is 1.93 bits per heavy atom. The molecule has 2 aromatic carbocycles. The third kappa shape index (κ3) is 5.80. The van der Waals surface area contributed by atoms with Crippen LogP contribution in [-0.4, -0.2) is 21.6 Å². The number of hydrogen-bond acceptors (Lipinski definition) is 4. The van der Waals surface area contributed by atoms with Crippen LogP contribution in [0.4, 0.5) is 17.6 Å². The van der Waals surface area contributed by atoms with Gasteiger partial charge in [0.15, 0.2) is 0 Å². The van der Waals surface area contributed by atoms with Crippen molar-refractivity contribution in [1.29, 1.82) is 0 Å². The Bertz CT molecular complexity index is 1760. The molecule has 0 unspecified atom stereocenters. The molecule has 206 valence electrons. The standard InChI is InChI=1S/C19H15ClF2N2O.C10H5Cl2F2N/c1-10-18(20)17-14(22)6-13(21)7-15(17)24-19(10)12-4-5-16(23-8-12)25-9-11-2-3-11;1-4-9(11)8-6(14)2-5(13)3-7(8)15-10(4)12/h4-8,11H,2-3,9H2,1H3;2-3H,1H3. The van der Waals surface area contributed by atoms with Gasteiger partial charge in [-0.3, -0.25) is 0 Å². The minimum atomic E-state index is -0.734. The molecule has 0 spiro atoms. The van der Waals surface area contributed by atoms with Crippen molar-refractivity contribution in [2.75, 3.05) is 6.61 Å². The zero-order valence-electron chi connectivity index (χ0n) is 21.1. The number of pyridine rings is 3. The van der Waals surface area contributed by atoms with E-state index < -0.39 is 23.3 Å². The van der Waals surface area contributed by atoms with Crippen molar-refractivity contribution < 1.29 is 22.3 Å². The maximum Gasteiger partial charge on any atom is 0.213 e. The SMILES string of the molecule is Cc1c(-c2ccc(OCC3CC3)nc2)nc2cc(F)cc(F)c2c1Cl.Cc1c(Cl)nc2cc(F)cc(F)c2c1Cl. The summed E-state index contributed by atoms with van der Waals surface area (Å²) in [5.41, 5.74) is 2.66. The summed E-state index contributed by atoms with van der Waals surface area (Å²) in [7, 11) is 0. The highest BCUT2D eigenvalue weighted by atomic mass is 35.5. The van der Waals surface area contributed by atoms with E-state index in [1.807, 2.05) is 6.07 Å². The fraction of sp³-hybridized carbons (Fsp3) is 0.207. The van der Waals surface area contributed by atoms with Crippen LogP contribution in [0.25, 0.3) is 33.1 Å². The first-order valence-corrected chi connectivity index (χ1v) is 13.3. The predicted octanol–water partition coefficient (Wildman–Crippen LogP) is 9.45. The smallest absolute Gasteiger partial charge is 0.213 e. The summed E-state index contributed by atoms with van der Waals surface area (Å²) in [6, 6.07) is 7.43. The van der Waals surface area contributed by atoms with Crippen LogP contribution in [0.3, 0.4) is 0 Å². The number of nitrogens with zero attached hydrogens (tertiary/aromatic N) is 3. The Morgan fingerprint density at radius 2 is 1.38 bits per heavy atom. The second-order valence-corrected chi connectivity index (χ2v) is 10.6. The van der Waals surface area contributed by atoms with Crippen LogP contribution in [0, 0.1) is 43.0 Å². The zero-order valence-corrected chi connectivity index (χ0v) is 23.4. The van der Waals surface area contributed by atoms with Gasteiger partial charge in [0.1, 0.15) is 28.4 Å². The fourth-order valence-electron chi connectivity index (χ4n) is 4.07. The van der Waals surface area contributed by atoms with E-state index in [0.717, 1.165) is 18.2 Å². The summed E-state index contributed by atoms with van der Waals surface area (Å²) in [6.45, 7) is 4.06. The van der Waals surface area contributed by atoms with Crippen molar-refractivity contribution in [1.82, 2.24) is 15.0 Å². The number of halogens is 7. The lowest BCUT2D eigenvalue weighted by Gasteiger charge is -2.11. The molecule has 1 aliphatic carbocycles. The molecular weight excluding hydrogens is 589 g/mol. The Hall–Kier alpha value is -3.20. The van der Waals surface area contributed by atoms with Crippen LogP contribution in [0.2, 0.25) is 15.2 Å². The molecule has 6 rings (SSSR count). The topological polar surface area (TPSA) is 47.9 Å². The molecular formula is C29H20Cl3F4N3O. The molecule has 1 fully saturated rings. The predicted molar refractivity (Wildman–Crippen MR) is 149 cm³/mol. The molecule has 1 saturated carbocycles. The van der Waals surface area contributed by atoms with Gasteiger partial charge in [0.25, 0.3) is 0 Å². The minimum Gasteiger partial charge on any atom is -0.477 e. The number of benzene rings is 2. The van der Waals surface area contributed by atoms with E-state index in [4.69, 9.17) is 39.5 Å². The van der Waals surface area contributed by atoms with Gasteiger partial charge < -0.3 is 4.74 Å². The molecule has 4 nitrogen and oxygen atoms in total. The Labute approximate surface area is 241 Å². The quantitative estimate of drug-likeness (QED) is 0.151. The average Bonchev–Trinajstić information content (AvgIpc) is 3.73. The number of aromatic nitrogens is 3. The summed E-state index contributed by atoms with van der Waals surface area (Å²) in [5.74, 6) is -1.65. The largest absolute Gasteiger partial charge is 0.477 e. The first-order valence-electron chi connectivity index (χ1n) is 12.2. The van der Waals surface area contributed by atoms with Crippen molar-refractivity contribution >= 4 is 56.6 Å². The Morgan fingerprint density at radius 1 is 0.800 bits per heavy atom. The van der Waals surface area contributed by atoms with E-state index >= 15 is 0 Å². The molecule has 11 heteroatoms. The van der Waals surface area contributed by atoms with E-state index in [1.165, 1.54) is 18.9 Å². The first kappa shape index (κ1) is 28.3. The molecule has 5 aromatic rings. The zero-order chi connectivity index (χ0) is 28.7. The molecule has 0 N–H and O–H groups in total. The van der Waals surface area contributed by atoms with Crippen molar-refractivity contribution in [3.8, 4) is 17.1 Å². The minimum absolute atomic E-state index is 0.0972. The molecule has 0 atom stereocenters. The van der Waals surface area contributed by atoms with Crippen molar-refractivity contribution in [2.45, 2.75) is 26.7 Å². The normalized spacial score (nSPS) is 12.9. The lowest BCUT2D eigenvalue weighted by Crippen LogP contribution is -2.01. The number of ether oxygens (including phenoxy) is 1. The van der Waals surface area contributed by atoms with Crippen molar-refractivity contribution in [3.63, 3.8) is 0 Å². The summed E-state index contributed by atoms with van der Waals surface area (Å²) in [5, 5.41) is 0.771. The van der Waals surface area contributed by atoms with Gasteiger partial charge in [-0.15, -0.1) is 0 Å². The summed E-state index contributed by atoms with van der Waals surface area (Å²) in [4.78, 5) is 12.5. The van der Waals surface area contributed by atoms with Crippen molar-refractivity contribution in [2.24, 2.45) is 5.92 Å². The van der Waals surface area contributed by atoms with Gasteiger partial charge in [0, 0.05) is 47.7 Å². The molecule has 40 heavy (non-hydrogen) atoms. The molecule has 1 aliphatic rings. The van der Waals surface area contributed by atoms with E-state index in [2.05, 4.69) is 15.0 Å². The third-order valence-electron chi connectivity index (χ3n) is 6.45. The molecule has 0 bridgehead atoms. The highest BCUT2D eigenvalue weighted by Gasteiger charge is 2.22. The summed E-state index contributed by atoms with van der Waals surface area (Å²) in [6.07, 6.45) is 4.06. The maximum absolute atomic E-state index is 14.0. The number of fused-ring (bicyclic) bond motifs is 2. The van der Waals surface area contributed by atoms with Gasteiger partial charge in [-0.25, -0.2) is 32.5 Å². The van der Waals surface area contributed by atoms with Gasteiger partial charge in [-0.2, -0.15) is 0 Å². The van der Waals surface area contributed by atoms with Crippen LogP contribution in [0.1, 0.15) is 24.0 Å². The van der Waals surface area contributed by atoms with Gasteiger partial charge in [-0.1, -0.05) is 34.8 Å². The van der Waals surface area contributed by atoms with Crippen LogP contribution < -0.4 is 4.74 Å². The Kier molecular flexibility index (Phi) is 8.04.